The lowest BCUT2D eigenvalue weighted by molar-refractivity contribution is 0.0789. The minimum atomic E-state index is -3.65. The first-order valence-electron chi connectivity index (χ1n) is 7.90. The van der Waals surface area contributed by atoms with Crippen LogP contribution in [0.5, 0.6) is 0 Å². The van der Waals surface area contributed by atoms with Crippen molar-refractivity contribution in [1.82, 2.24) is 9.62 Å². The third-order valence-corrected chi connectivity index (χ3v) is 5.23. The summed E-state index contributed by atoms with van der Waals surface area (Å²) in [5, 5.41) is 0. The molecular weight excluding hydrogens is 326 g/mol. The number of nitrogens with two attached hydrogens (primary N) is 1. The van der Waals surface area contributed by atoms with Crippen LogP contribution < -0.4 is 10.5 Å². The van der Waals surface area contributed by atoms with E-state index >= 15 is 0 Å². The average Bonchev–Trinajstić information content (AvgIpc) is 2.56. The molecule has 0 aliphatic heterocycles. The highest BCUT2D eigenvalue weighted by Gasteiger charge is 2.18. The topological polar surface area (TPSA) is 92.5 Å². The summed E-state index contributed by atoms with van der Waals surface area (Å²) >= 11 is 0. The monoisotopic (exact) mass is 353 g/mol. The van der Waals surface area contributed by atoms with E-state index in [-0.39, 0.29) is 23.4 Å². The van der Waals surface area contributed by atoms with E-state index in [2.05, 4.69) is 11.3 Å². The third-order valence-electron chi connectivity index (χ3n) is 3.81. The van der Waals surface area contributed by atoms with Crippen molar-refractivity contribution in [1.29, 1.82) is 0 Å². The number of rotatable bonds is 9. The number of nitrogens with one attached hydrogen (secondary N) is 1. The number of amides is 1. The van der Waals surface area contributed by atoms with E-state index < -0.39 is 10.0 Å². The Hall–Kier alpha value is -1.70. The highest BCUT2D eigenvalue weighted by molar-refractivity contribution is 7.89. The maximum Gasteiger partial charge on any atom is 0.253 e. The van der Waals surface area contributed by atoms with E-state index in [0.717, 1.165) is 0 Å². The molecule has 7 heteroatoms. The molecule has 1 aromatic carbocycles. The molecule has 24 heavy (non-hydrogen) atoms. The molecule has 0 saturated heterocycles. The van der Waals surface area contributed by atoms with E-state index in [1.165, 1.54) is 18.2 Å². The molecule has 0 aliphatic rings. The van der Waals surface area contributed by atoms with Gasteiger partial charge in [0.15, 0.2) is 0 Å². The first kappa shape index (κ1) is 20.3. The molecule has 0 bridgehead atoms. The van der Waals surface area contributed by atoms with Crippen molar-refractivity contribution in [2.75, 3.05) is 20.1 Å². The quantitative estimate of drug-likeness (QED) is 0.660. The molecule has 1 aromatic rings. The molecular formula is C17H27N3O3S. The molecule has 1 unspecified atom stereocenters. The van der Waals surface area contributed by atoms with Crippen molar-refractivity contribution in [2.45, 2.75) is 31.2 Å². The Labute approximate surface area is 144 Å². The zero-order valence-corrected chi connectivity index (χ0v) is 15.3. The zero-order valence-electron chi connectivity index (χ0n) is 14.5. The van der Waals surface area contributed by atoms with Crippen molar-refractivity contribution in [3.05, 3.63) is 42.5 Å². The van der Waals surface area contributed by atoms with E-state index in [1.54, 1.807) is 24.1 Å². The summed E-state index contributed by atoms with van der Waals surface area (Å²) in [4.78, 5) is 14.1. The number of sulfonamides is 1. The summed E-state index contributed by atoms with van der Waals surface area (Å²) in [6, 6.07) is 6.02. The van der Waals surface area contributed by atoms with Gasteiger partial charge in [0.25, 0.3) is 5.91 Å². The number of nitrogens with zero attached hydrogens (tertiary/aromatic N) is 1. The van der Waals surface area contributed by atoms with Crippen molar-refractivity contribution in [2.24, 2.45) is 11.7 Å². The number of carbonyl (C=O) groups excluding carboxylic acids is 1. The maximum absolute atomic E-state index is 12.5. The maximum atomic E-state index is 12.5. The van der Waals surface area contributed by atoms with Gasteiger partial charge in [-0.15, -0.1) is 6.58 Å². The standard InChI is InChI=1S/C17H27N3O3S/c1-5-10-19-24(22,23)15-8-6-7-14(12-15)17(21)20(4)11-9-16(18)13(2)3/h5-8,12-13,16,19H,1,9-11,18H2,2-4H3. The highest BCUT2D eigenvalue weighted by Crippen LogP contribution is 2.13. The fourth-order valence-corrected chi connectivity index (χ4v) is 3.09. The molecule has 134 valence electrons. The minimum absolute atomic E-state index is 0.0232. The lowest BCUT2D eigenvalue weighted by Gasteiger charge is -2.21. The van der Waals surface area contributed by atoms with E-state index in [0.29, 0.717) is 24.4 Å². The van der Waals surface area contributed by atoms with Crippen LogP contribution in [0.15, 0.2) is 41.8 Å². The molecule has 0 aliphatic carbocycles. The second-order valence-electron chi connectivity index (χ2n) is 6.09. The molecule has 0 radical (unpaired) electrons. The molecule has 1 rings (SSSR count). The van der Waals surface area contributed by atoms with Crippen LogP contribution in [-0.2, 0) is 10.0 Å². The summed E-state index contributed by atoms with van der Waals surface area (Å²) in [7, 11) is -1.97. The van der Waals surface area contributed by atoms with Crippen LogP contribution >= 0.6 is 0 Å². The Kier molecular flexibility index (Phi) is 7.59. The van der Waals surface area contributed by atoms with Crippen molar-refractivity contribution >= 4 is 15.9 Å². The first-order valence-corrected chi connectivity index (χ1v) is 9.39. The Balaban J connectivity index is 2.85. The van der Waals surface area contributed by atoms with Gasteiger partial charge >= 0.3 is 0 Å². The lowest BCUT2D eigenvalue weighted by Crippen LogP contribution is -2.34. The van der Waals surface area contributed by atoms with Gasteiger partial charge in [-0.3, -0.25) is 4.79 Å². The van der Waals surface area contributed by atoms with Gasteiger partial charge in [-0.25, -0.2) is 13.1 Å². The number of benzene rings is 1. The van der Waals surface area contributed by atoms with Crippen LogP contribution in [0.2, 0.25) is 0 Å². The average molecular weight is 353 g/mol. The predicted molar refractivity (Wildman–Crippen MR) is 96.2 cm³/mol. The molecule has 0 saturated carbocycles. The summed E-state index contributed by atoms with van der Waals surface area (Å²) in [5.74, 6) is 0.115. The van der Waals surface area contributed by atoms with Gasteiger partial charge in [0.05, 0.1) is 4.90 Å². The van der Waals surface area contributed by atoms with Gasteiger partial charge in [0.1, 0.15) is 0 Å². The molecule has 0 spiro atoms. The molecule has 0 fully saturated rings. The number of hydrogen-bond donors (Lipinski definition) is 2. The van der Waals surface area contributed by atoms with Crippen LogP contribution in [-0.4, -0.2) is 45.4 Å². The fraction of sp³-hybridized carbons (Fsp3) is 0.471. The van der Waals surface area contributed by atoms with Crippen LogP contribution in [0, 0.1) is 5.92 Å². The SMILES string of the molecule is C=CCNS(=O)(=O)c1cccc(C(=O)N(C)CCC(N)C(C)C)c1. The third kappa shape index (κ3) is 5.74. The van der Waals surface area contributed by atoms with Crippen LogP contribution in [0.4, 0.5) is 0 Å². The van der Waals surface area contributed by atoms with Crippen LogP contribution in [0.1, 0.15) is 30.6 Å². The molecule has 0 heterocycles. The number of hydrogen-bond acceptors (Lipinski definition) is 4. The number of carbonyl (C=O) groups is 1. The van der Waals surface area contributed by atoms with Crippen molar-refractivity contribution < 1.29 is 13.2 Å². The van der Waals surface area contributed by atoms with Gasteiger partial charge in [-0.1, -0.05) is 26.0 Å². The van der Waals surface area contributed by atoms with Crippen LogP contribution in [0.25, 0.3) is 0 Å². The van der Waals surface area contributed by atoms with Crippen molar-refractivity contribution in [3.63, 3.8) is 0 Å². The van der Waals surface area contributed by atoms with E-state index in [4.69, 9.17) is 5.73 Å². The highest BCUT2D eigenvalue weighted by atomic mass is 32.2. The predicted octanol–water partition coefficient (Wildman–Crippen LogP) is 1.60. The van der Waals surface area contributed by atoms with E-state index in [9.17, 15) is 13.2 Å². The zero-order chi connectivity index (χ0) is 18.3. The Morgan fingerprint density at radius 1 is 1.42 bits per heavy atom. The Morgan fingerprint density at radius 3 is 2.67 bits per heavy atom. The molecule has 0 aromatic heterocycles. The van der Waals surface area contributed by atoms with Crippen molar-refractivity contribution in [3.8, 4) is 0 Å². The summed E-state index contributed by atoms with van der Waals surface area (Å²) in [6.07, 6.45) is 2.15. The normalized spacial score (nSPS) is 12.9. The molecule has 3 N–H and O–H groups in total. The van der Waals surface area contributed by atoms with Gasteiger partial charge < -0.3 is 10.6 Å². The smallest absolute Gasteiger partial charge is 0.253 e. The minimum Gasteiger partial charge on any atom is -0.342 e. The largest absolute Gasteiger partial charge is 0.342 e. The second-order valence-corrected chi connectivity index (χ2v) is 7.86. The summed E-state index contributed by atoms with van der Waals surface area (Å²) in [6.45, 7) is 8.20. The fourth-order valence-electron chi connectivity index (χ4n) is 2.05. The summed E-state index contributed by atoms with van der Waals surface area (Å²) in [5.41, 5.74) is 6.33. The molecule has 1 atom stereocenters. The van der Waals surface area contributed by atoms with Gasteiger partial charge in [0.2, 0.25) is 10.0 Å². The Morgan fingerprint density at radius 2 is 2.08 bits per heavy atom. The molecule has 6 nitrogen and oxygen atoms in total. The van der Waals surface area contributed by atoms with Gasteiger partial charge in [0, 0.05) is 31.7 Å². The van der Waals surface area contributed by atoms with E-state index in [1.807, 2.05) is 13.8 Å². The van der Waals surface area contributed by atoms with Gasteiger partial charge in [-0.05, 0) is 30.5 Å². The summed E-state index contributed by atoms with van der Waals surface area (Å²) < 4.78 is 26.6. The van der Waals surface area contributed by atoms with Gasteiger partial charge in [-0.2, -0.15) is 0 Å². The molecule has 1 amide bonds. The first-order chi connectivity index (χ1) is 11.2. The Bertz CT molecular complexity index is 671. The van der Waals surface area contributed by atoms with Crippen LogP contribution in [0.3, 0.4) is 0 Å². The second kappa shape index (κ2) is 8.96. The lowest BCUT2D eigenvalue weighted by atomic mass is 10.0.